The SMILES string of the molecule is CCNC(=NCc1noc(C(C)(C)C)n1)NC1CCN(c2ccc(C(C)(C)C)cc2)CC1.I. The summed E-state index contributed by atoms with van der Waals surface area (Å²) in [6.07, 6.45) is 2.14. The first-order chi connectivity index (χ1) is 15.1. The number of nitrogens with one attached hydrogen (secondary N) is 2. The quantitative estimate of drug-likeness (QED) is 0.300. The van der Waals surface area contributed by atoms with Crippen LogP contribution in [0.25, 0.3) is 0 Å². The molecule has 2 N–H and O–H groups in total. The number of aliphatic imine (C=N–C) groups is 1. The second-order valence-electron chi connectivity index (χ2n) is 10.7. The maximum Gasteiger partial charge on any atom is 0.232 e. The number of rotatable bonds is 5. The lowest BCUT2D eigenvalue weighted by Gasteiger charge is -2.35. The predicted molar refractivity (Wildman–Crippen MR) is 147 cm³/mol. The summed E-state index contributed by atoms with van der Waals surface area (Å²) in [7, 11) is 0. The van der Waals surface area contributed by atoms with Crippen LogP contribution in [0.2, 0.25) is 0 Å². The van der Waals surface area contributed by atoms with E-state index in [1.807, 2.05) is 0 Å². The molecule has 0 radical (unpaired) electrons. The monoisotopic (exact) mass is 568 g/mol. The molecule has 1 fully saturated rings. The minimum absolute atomic E-state index is 0. The molecule has 1 saturated heterocycles. The fourth-order valence-electron chi connectivity index (χ4n) is 3.74. The van der Waals surface area contributed by atoms with E-state index in [4.69, 9.17) is 4.52 Å². The van der Waals surface area contributed by atoms with Crippen molar-refractivity contribution in [2.45, 2.75) is 84.7 Å². The molecule has 1 aliphatic rings. The first-order valence-electron chi connectivity index (χ1n) is 11.8. The molecule has 1 aromatic carbocycles. The van der Waals surface area contributed by atoms with Gasteiger partial charge in [-0.05, 0) is 42.9 Å². The number of guanidine groups is 1. The maximum absolute atomic E-state index is 5.37. The summed E-state index contributed by atoms with van der Waals surface area (Å²) in [4.78, 5) is 11.6. The molecule has 7 nitrogen and oxygen atoms in total. The van der Waals surface area contributed by atoms with Crippen LogP contribution in [0.3, 0.4) is 0 Å². The average molecular weight is 569 g/mol. The van der Waals surface area contributed by atoms with Gasteiger partial charge in [-0.25, -0.2) is 4.99 Å². The van der Waals surface area contributed by atoms with Gasteiger partial charge in [-0.2, -0.15) is 4.98 Å². The van der Waals surface area contributed by atoms with Gasteiger partial charge in [0.1, 0.15) is 6.54 Å². The number of halogens is 1. The van der Waals surface area contributed by atoms with Crippen LogP contribution in [-0.2, 0) is 17.4 Å². The van der Waals surface area contributed by atoms with E-state index in [0.717, 1.165) is 38.4 Å². The highest BCUT2D eigenvalue weighted by Gasteiger charge is 2.23. The van der Waals surface area contributed by atoms with Gasteiger partial charge in [0.2, 0.25) is 5.89 Å². The molecule has 1 aromatic heterocycles. The van der Waals surface area contributed by atoms with Crippen molar-refractivity contribution in [2.24, 2.45) is 4.99 Å². The molecule has 8 heteroatoms. The van der Waals surface area contributed by atoms with Gasteiger partial charge in [-0.15, -0.1) is 24.0 Å². The first-order valence-corrected chi connectivity index (χ1v) is 11.8. The van der Waals surface area contributed by atoms with Crippen LogP contribution in [0.15, 0.2) is 33.8 Å². The van der Waals surface area contributed by atoms with Crippen molar-refractivity contribution in [2.75, 3.05) is 24.5 Å². The molecule has 2 aromatic rings. The summed E-state index contributed by atoms with van der Waals surface area (Å²) >= 11 is 0. The highest BCUT2D eigenvalue weighted by molar-refractivity contribution is 14.0. The fourth-order valence-corrected chi connectivity index (χ4v) is 3.74. The Morgan fingerprint density at radius 3 is 2.21 bits per heavy atom. The molecule has 0 unspecified atom stereocenters. The van der Waals surface area contributed by atoms with Gasteiger partial charge in [-0.3, -0.25) is 0 Å². The maximum atomic E-state index is 5.37. The van der Waals surface area contributed by atoms with Gasteiger partial charge in [0, 0.05) is 36.8 Å². The van der Waals surface area contributed by atoms with Crippen LogP contribution in [0, 0.1) is 0 Å². The Hall–Kier alpha value is -1.84. The van der Waals surface area contributed by atoms with E-state index in [-0.39, 0.29) is 34.8 Å². The van der Waals surface area contributed by atoms with E-state index in [1.165, 1.54) is 11.3 Å². The Bertz CT molecular complexity index is 887. The van der Waals surface area contributed by atoms with Crippen LogP contribution in [0.5, 0.6) is 0 Å². The minimum atomic E-state index is -0.154. The standard InChI is InChI=1S/C25H40N6O.HI/c1-8-26-23(27-17-21-29-22(32-30-21)25(5,6)7)28-19-13-15-31(16-14-19)20-11-9-18(10-12-20)24(2,3)4;/h9-12,19H,8,13-17H2,1-7H3,(H2,26,27,28);1H. The Kier molecular flexibility index (Phi) is 9.58. The topological polar surface area (TPSA) is 78.6 Å². The van der Waals surface area contributed by atoms with E-state index in [1.54, 1.807) is 0 Å². The third-order valence-electron chi connectivity index (χ3n) is 5.77. The number of benzene rings is 1. The highest BCUT2D eigenvalue weighted by Crippen LogP contribution is 2.26. The van der Waals surface area contributed by atoms with Crippen molar-refractivity contribution in [3.8, 4) is 0 Å². The third kappa shape index (κ3) is 7.86. The van der Waals surface area contributed by atoms with Crippen molar-refractivity contribution in [3.05, 3.63) is 41.5 Å². The number of aromatic nitrogens is 2. The molecule has 33 heavy (non-hydrogen) atoms. The number of nitrogens with zero attached hydrogens (tertiary/aromatic N) is 4. The summed E-state index contributed by atoms with van der Waals surface area (Å²) in [5, 5.41) is 11.0. The van der Waals surface area contributed by atoms with Gasteiger partial charge in [0.15, 0.2) is 11.8 Å². The normalized spacial score (nSPS) is 15.8. The van der Waals surface area contributed by atoms with Crippen LogP contribution in [-0.4, -0.2) is 41.8 Å². The van der Waals surface area contributed by atoms with E-state index in [2.05, 4.69) is 103 Å². The van der Waals surface area contributed by atoms with Gasteiger partial charge < -0.3 is 20.1 Å². The zero-order valence-corrected chi connectivity index (χ0v) is 23.6. The molecule has 2 heterocycles. The number of hydrogen-bond acceptors (Lipinski definition) is 5. The van der Waals surface area contributed by atoms with Gasteiger partial charge in [0.05, 0.1) is 0 Å². The molecule has 0 spiro atoms. The van der Waals surface area contributed by atoms with E-state index in [0.29, 0.717) is 24.3 Å². The van der Waals surface area contributed by atoms with Crippen molar-refractivity contribution >= 4 is 35.6 Å². The number of hydrogen-bond donors (Lipinski definition) is 2. The van der Waals surface area contributed by atoms with E-state index < -0.39 is 0 Å². The molecule has 184 valence electrons. The molecule has 0 amide bonds. The van der Waals surface area contributed by atoms with Gasteiger partial charge >= 0.3 is 0 Å². The first kappa shape index (κ1) is 27.4. The highest BCUT2D eigenvalue weighted by atomic mass is 127. The lowest BCUT2D eigenvalue weighted by atomic mass is 9.87. The van der Waals surface area contributed by atoms with Crippen molar-refractivity contribution in [1.29, 1.82) is 0 Å². The molecule has 1 aliphatic heterocycles. The second kappa shape index (κ2) is 11.5. The lowest BCUT2D eigenvalue weighted by Crippen LogP contribution is -2.48. The number of anilines is 1. The molecule has 0 bridgehead atoms. The van der Waals surface area contributed by atoms with Crippen LogP contribution < -0.4 is 15.5 Å². The largest absolute Gasteiger partial charge is 0.371 e. The Morgan fingerprint density at radius 1 is 1.06 bits per heavy atom. The summed E-state index contributed by atoms with van der Waals surface area (Å²) in [6, 6.07) is 9.44. The summed E-state index contributed by atoms with van der Waals surface area (Å²) in [5.74, 6) is 2.06. The smallest absolute Gasteiger partial charge is 0.232 e. The van der Waals surface area contributed by atoms with Crippen LogP contribution in [0.1, 0.15) is 78.6 Å². The van der Waals surface area contributed by atoms with Crippen molar-refractivity contribution in [3.63, 3.8) is 0 Å². The van der Waals surface area contributed by atoms with E-state index >= 15 is 0 Å². The lowest BCUT2D eigenvalue weighted by molar-refractivity contribution is 0.318. The minimum Gasteiger partial charge on any atom is -0.371 e. The molecular weight excluding hydrogens is 527 g/mol. The Balaban J connectivity index is 0.00000385. The van der Waals surface area contributed by atoms with Gasteiger partial charge in [-0.1, -0.05) is 58.8 Å². The Labute approximate surface area is 216 Å². The Morgan fingerprint density at radius 2 is 1.70 bits per heavy atom. The summed E-state index contributed by atoms with van der Waals surface area (Å²) in [6.45, 7) is 18.3. The molecule has 0 aliphatic carbocycles. The molecular formula is C25H41IN6O. The predicted octanol–water partition coefficient (Wildman–Crippen LogP) is 5.01. The fraction of sp³-hybridized carbons (Fsp3) is 0.640. The average Bonchev–Trinajstić information content (AvgIpc) is 3.22. The summed E-state index contributed by atoms with van der Waals surface area (Å²) in [5.41, 5.74) is 2.72. The van der Waals surface area contributed by atoms with Crippen molar-refractivity contribution < 1.29 is 4.52 Å². The van der Waals surface area contributed by atoms with Crippen LogP contribution in [0.4, 0.5) is 5.69 Å². The zero-order valence-electron chi connectivity index (χ0n) is 21.2. The van der Waals surface area contributed by atoms with Gasteiger partial charge in [0.25, 0.3) is 0 Å². The number of piperidine rings is 1. The molecule has 3 rings (SSSR count). The summed E-state index contributed by atoms with van der Waals surface area (Å²) < 4.78 is 5.37. The zero-order chi connectivity index (χ0) is 23.4. The second-order valence-corrected chi connectivity index (χ2v) is 10.7. The molecule has 0 saturated carbocycles. The third-order valence-corrected chi connectivity index (χ3v) is 5.77. The van der Waals surface area contributed by atoms with E-state index in [9.17, 15) is 0 Å². The molecule has 0 atom stereocenters. The van der Waals surface area contributed by atoms with Crippen LogP contribution >= 0.6 is 24.0 Å². The van der Waals surface area contributed by atoms with Crippen molar-refractivity contribution in [1.82, 2.24) is 20.8 Å².